The molecule has 0 radical (unpaired) electrons. The van der Waals surface area contributed by atoms with Crippen LogP contribution in [0.2, 0.25) is 10.2 Å². The van der Waals surface area contributed by atoms with E-state index in [9.17, 15) is 9.59 Å². The molecule has 1 N–H and O–H groups in total. The van der Waals surface area contributed by atoms with Crippen molar-refractivity contribution in [2.75, 3.05) is 11.9 Å². The largest absolute Gasteiger partial charge is 0.466 e. The zero-order chi connectivity index (χ0) is 16.1. The Bertz CT molecular complexity index is 706. The van der Waals surface area contributed by atoms with E-state index >= 15 is 0 Å². The van der Waals surface area contributed by atoms with Gasteiger partial charge >= 0.3 is 5.97 Å². The van der Waals surface area contributed by atoms with Gasteiger partial charge in [0.15, 0.2) is 5.13 Å². The zero-order valence-electron chi connectivity index (χ0n) is 11.4. The molecule has 2 aromatic heterocycles. The maximum Gasteiger partial charge on any atom is 0.311 e. The highest BCUT2D eigenvalue weighted by Crippen LogP contribution is 2.20. The first-order valence-electron chi connectivity index (χ1n) is 6.23. The molecule has 0 aliphatic carbocycles. The number of anilines is 1. The number of carbonyl (C=O) groups excluding carboxylic acids is 2. The maximum atomic E-state index is 12.1. The number of hydrogen-bond acceptors (Lipinski definition) is 6. The average Bonchev–Trinajstić information content (AvgIpc) is 2.88. The molecule has 0 unspecified atom stereocenters. The number of pyridine rings is 1. The summed E-state index contributed by atoms with van der Waals surface area (Å²) in [7, 11) is 0. The SMILES string of the molecule is CCOC(=O)Cc1csc(NC(=O)c2nc(Cl)ccc2Cl)n1. The smallest absolute Gasteiger partial charge is 0.311 e. The van der Waals surface area contributed by atoms with Crippen LogP contribution < -0.4 is 5.32 Å². The molecule has 0 spiro atoms. The summed E-state index contributed by atoms with van der Waals surface area (Å²) < 4.78 is 4.83. The number of carbonyl (C=O) groups is 2. The Labute approximate surface area is 140 Å². The van der Waals surface area contributed by atoms with Gasteiger partial charge in [-0.1, -0.05) is 23.2 Å². The molecule has 22 heavy (non-hydrogen) atoms. The van der Waals surface area contributed by atoms with Gasteiger partial charge in [0.2, 0.25) is 0 Å². The Morgan fingerprint density at radius 2 is 2.09 bits per heavy atom. The third-order valence-electron chi connectivity index (χ3n) is 2.43. The van der Waals surface area contributed by atoms with E-state index in [1.165, 1.54) is 23.5 Å². The van der Waals surface area contributed by atoms with Crippen molar-refractivity contribution in [3.8, 4) is 0 Å². The van der Waals surface area contributed by atoms with Crippen LogP contribution >= 0.6 is 34.5 Å². The van der Waals surface area contributed by atoms with Crippen molar-refractivity contribution in [2.45, 2.75) is 13.3 Å². The lowest BCUT2D eigenvalue weighted by atomic mass is 10.3. The zero-order valence-corrected chi connectivity index (χ0v) is 13.8. The van der Waals surface area contributed by atoms with Crippen molar-refractivity contribution in [2.24, 2.45) is 0 Å². The van der Waals surface area contributed by atoms with Crippen LogP contribution in [-0.2, 0) is 16.0 Å². The molecule has 2 rings (SSSR count). The third-order valence-corrected chi connectivity index (χ3v) is 3.75. The van der Waals surface area contributed by atoms with Gasteiger partial charge in [-0.25, -0.2) is 9.97 Å². The Morgan fingerprint density at radius 1 is 1.32 bits per heavy atom. The minimum absolute atomic E-state index is 0.0105. The molecule has 0 bridgehead atoms. The van der Waals surface area contributed by atoms with Gasteiger partial charge in [-0.2, -0.15) is 0 Å². The number of aromatic nitrogens is 2. The molecule has 6 nitrogen and oxygen atoms in total. The van der Waals surface area contributed by atoms with Gasteiger partial charge in [0.1, 0.15) is 10.8 Å². The summed E-state index contributed by atoms with van der Waals surface area (Å²) in [6, 6.07) is 2.97. The highest BCUT2D eigenvalue weighted by Gasteiger charge is 2.15. The summed E-state index contributed by atoms with van der Waals surface area (Å²) in [5.41, 5.74) is 0.528. The second kappa shape index (κ2) is 7.53. The van der Waals surface area contributed by atoms with Crippen LogP contribution in [0.25, 0.3) is 0 Å². The molecule has 0 atom stereocenters. The second-order valence-corrected chi connectivity index (χ2v) is 5.70. The monoisotopic (exact) mass is 359 g/mol. The van der Waals surface area contributed by atoms with Gasteiger partial charge in [0.25, 0.3) is 5.91 Å². The summed E-state index contributed by atoms with van der Waals surface area (Å²) in [5, 5.41) is 4.91. The van der Waals surface area contributed by atoms with E-state index in [1.807, 2.05) is 0 Å². The van der Waals surface area contributed by atoms with Gasteiger partial charge < -0.3 is 4.74 Å². The Hall–Kier alpha value is -1.70. The van der Waals surface area contributed by atoms with Crippen molar-refractivity contribution in [1.29, 1.82) is 0 Å². The van der Waals surface area contributed by atoms with E-state index < -0.39 is 5.91 Å². The highest BCUT2D eigenvalue weighted by atomic mass is 35.5. The van der Waals surface area contributed by atoms with E-state index in [1.54, 1.807) is 12.3 Å². The number of esters is 1. The standard InChI is InChI=1S/C13H11Cl2N3O3S/c1-2-21-10(19)5-7-6-22-13(16-7)18-12(20)11-8(14)3-4-9(15)17-11/h3-4,6H,2,5H2,1H3,(H,16,18,20). The molecule has 0 aromatic carbocycles. The topological polar surface area (TPSA) is 81.2 Å². The first-order valence-corrected chi connectivity index (χ1v) is 7.86. The number of amides is 1. The molecular formula is C13H11Cl2N3O3S. The molecule has 0 fully saturated rings. The van der Waals surface area contributed by atoms with E-state index in [2.05, 4.69) is 15.3 Å². The van der Waals surface area contributed by atoms with Crippen molar-refractivity contribution < 1.29 is 14.3 Å². The van der Waals surface area contributed by atoms with E-state index in [0.29, 0.717) is 17.4 Å². The quantitative estimate of drug-likeness (QED) is 0.654. The minimum atomic E-state index is -0.524. The normalized spacial score (nSPS) is 10.3. The van der Waals surface area contributed by atoms with E-state index in [-0.39, 0.29) is 28.3 Å². The summed E-state index contributed by atoms with van der Waals surface area (Å²) in [4.78, 5) is 31.4. The fraction of sp³-hybridized carbons (Fsp3) is 0.231. The Kier molecular flexibility index (Phi) is 5.70. The van der Waals surface area contributed by atoms with Crippen LogP contribution in [0.15, 0.2) is 17.5 Å². The first-order chi connectivity index (χ1) is 10.5. The number of nitrogens with one attached hydrogen (secondary N) is 1. The van der Waals surface area contributed by atoms with Crippen molar-refractivity contribution >= 4 is 51.5 Å². The first kappa shape index (κ1) is 16.7. The van der Waals surface area contributed by atoms with Gasteiger partial charge in [-0.15, -0.1) is 11.3 Å². The predicted molar refractivity (Wildman–Crippen MR) is 84.7 cm³/mol. The number of rotatable bonds is 5. The van der Waals surface area contributed by atoms with Crippen LogP contribution in [0.4, 0.5) is 5.13 Å². The van der Waals surface area contributed by atoms with E-state index in [0.717, 1.165) is 0 Å². The Balaban J connectivity index is 2.05. The average molecular weight is 360 g/mol. The molecule has 2 heterocycles. The molecule has 0 saturated heterocycles. The van der Waals surface area contributed by atoms with Gasteiger partial charge in [0.05, 0.1) is 23.7 Å². The van der Waals surface area contributed by atoms with Crippen molar-refractivity contribution in [3.05, 3.63) is 39.1 Å². The fourth-order valence-corrected chi connectivity index (χ4v) is 2.58. The fourth-order valence-electron chi connectivity index (χ4n) is 1.54. The van der Waals surface area contributed by atoms with Crippen LogP contribution in [-0.4, -0.2) is 28.5 Å². The van der Waals surface area contributed by atoms with Crippen molar-refractivity contribution in [1.82, 2.24) is 9.97 Å². The molecule has 9 heteroatoms. The number of nitrogens with zero attached hydrogens (tertiary/aromatic N) is 2. The number of hydrogen-bond donors (Lipinski definition) is 1. The Morgan fingerprint density at radius 3 is 2.82 bits per heavy atom. The second-order valence-electron chi connectivity index (χ2n) is 4.04. The van der Waals surface area contributed by atoms with Gasteiger partial charge in [-0.3, -0.25) is 14.9 Å². The van der Waals surface area contributed by atoms with Crippen LogP contribution in [0.1, 0.15) is 23.1 Å². The van der Waals surface area contributed by atoms with Crippen LogP contribution in [0, 0.1) is 0 Å². The molecule has 0 saturated carbocycles. The molecule has 2 aromatic rings. The molecular weight excluding hydrogens is 349 g/mol. The number of thiazole rings is 1. The molecule has 1 amide bonds. The molecule has 0 aliphatic heterocycles. The van der Waals surface area contributed by atoms with Crippen LogP contribution in [0.3, 0.4) is 0 Å². The van der Waals surface area contributed by atoms with Crippen molar-refractivity contribution in [3.63, 3.8) is 0 Å². The lowest BCUT2D eigenvalue weighted by molar-refractivity contribution is -0.142. The molecule has 0 aliphatic rings. The van der Waals surface area contributed by atoms with Gasteiger partial charge in [-0.05, 0) is 19.1 Å². The predicted octanol–water partition coefficient (Wildman–Crippen LogP) is 3.20. The lowest BCUT2D eigenvalue weighted by Crippen LogP contribution is -2.14. The summed E-state index contributed by atoms with van der Waals surface area (Å²) in [6.45, 7) is 2.04. The molecule has 116 valence electrons. The van der Waals surface area contributed by atoms with Crippen LogP contribution in [0.5, 0.6) is 0 Å². The highest BCUT2D eigenvalue weighted by molar-refractivity contribution is 7.14. The minimum Gasteiger partial charge on any atom is -0.466 e. The maximum absolute atomic E-state index is 12.1. The van der Waals surface area contributed by atoms with E-state index in [4.69, 9.17) is 27.9 Å². The number of halogens is 2. The van der Waals surface area contributed by atoms with Gasteiger partial charge in [0, 0.05) is 5.38 Å². The summed E-state index contributed by atoms with van der Waals surface area (Å²) in [5.74, 6) is -0.894. The number of ether oxygens (including phenoxy) is 1. The summed E-state index contributed by atoms with van der Waals surface area (Å²) in [6.07, 6.45) is 0.0520. The summed E-state index contributed by atoms with van der Waals surface area (Å²) >= 11 is 12.8. The lowest BCUT2D eigenvalue weighted by Gasteiger charge is -2.03. The third kappa shape index (κ3) is 4.40.